The number of rotatable bonds is 3. The third-order valence-electron chi connectivity index (χ3n) is 4.82. The lowest BCUT2D eigenvalue weighted by molar-refractivity contribution is 0.596. The lowest BCUT2D eigenvalue weighted by Gasteiger charge is -2.17. The molecular weight excluding hydrogens is 382 g/mol. The second kappa shape index (κ2) is 7.98. The molecule has 3 aromatic rings. The minimum atomic E-state index is -3.70. The van der Waals surface area contributed by atoms with E-state index in [2.05, 4.69) is 21.7 Å². The van der Waals surface area contributed by atoms with Gasteiger partial charge in [0.1, 0.15) is 11.5 Å². The van der Waals surface area contributed by atoms with E-state index in [1.54, 1.807) is 24.3 Å². The standard InChI is InChI=1S/C23H21N3O2S/c24-19-9-12-21(13-10-19)29(27,28)22-16-20(11-8-18-6-2-1-3-7-18)25-23(17-22)26-14-4-5-15-26/h1-3,6-7,9-10,12-13,16-17H,4-5,14-15,24H2. The molecule has 0 saturated carbocycles. The highest BCUT2D eigenvalue weighted by molar-refractivity contribution is 7.91. The van der Waals surface area contributed by atoms with E-state index in [0.717, 1.165) is 31.5 Å². The van der Waals surface area contributed by atoms with E-state index >= 15 is 0 Å². The molecular formula is C23H21N3O2S. The molecule has 2 heterocycles. The number of benzene rings is 2. The number of nitrogen functional groups attached to an aromatic ring is 1. The minimum Gasteiger partial charge on any atom is -0.399 e. The van der Waals surface area contributed by atoms with Crippen LogP contribution in [0.3, 0.4) is 0 Å². The number of nitrogens with two attached hydrogens (primary N) is 1. The molecule has 5 nitrogen and oxygen atoms in total. The lowest BCUT2D eigenvalue weighted by Crippen LogP contribution is -2.20. The number of pyridine rings is 1. The molecule has 0 aliphatic carbocycles. The third-order valence-corrected chi connectivity index (χ3v) is 6.57. The molecule has 1 aliphatic rings. The number of hydrogen-bond donors (Lipinski definition) is 1. The second-order valence-corrected chi connectivity index (χ2v) is 8.88. The molecule has 146 valence electrons. The fourth-order valence-electron chi connectivity index (χ4n) is 3.26. The lowest BCUT2D eigenvalue weighted by atomic mass is 10.2. The van der Waals surface area contributed by atoms with Crippen molar-refractivity contribution in [3.8, 4) is 11.8 Å². The quantitative estimate of drug-likeness (QED) is 0.535. The zero-order valence-electron chi connectivity index (χ0n) is 15.9. The van der Waals surface area contributed by atoms with Crippen LogP contribution in [-0.4, -0.2) is 26.5 Å². The summed E-state index contributed by atoms with van der Waals surface area (Å²) in [5.74, 6) is 6.74. The molecule has 2 N–H and O–H groups in total. The molecule has 1 aliphatic heterocycles. The van der Waals surface area contributed by atoms with Crippen LogP contribution >= 0.6 is 0 Å². The van der Waals surface area contributed by atoms with Crippen molar-refractivity contribution in [1.29, 1.82) is 0 Å². The molecule has 29 heavy (non-hydrogen) atoms. The normalized spacial score (nSPS) is 13.7. The van der Waals surface area contributed by atoms with Gasteiger partial charge in [-0.25, -0.2) is 13.4 Å². The van der Waals surface area contributed by atoms with Crippen LogP contribution in [0.4, 0.5) is 11.5 Å². The van der Waals surface area contributed by atoms with Gasteiger partial charge in [-0.1, -0.05) is 24.1 Å². The minimum absolute atomic E-state index is 0.191. The van der Waals surface area contributed by atoms with E-state index in [9.17, 15) is 8.42 Å². The molecule has 0 radical (unpaired) electrons. The van der Waals surface area contributed by atoms with Crippen molar-refractivity contribution in [3.63, 3.8) is 0 Å². The van der Waals surface area contributed by atoms with E-state index < -0.39 is 9.84 Å². The molecule has 1 saturated heterocycles. The van der Waals surface area contributed by atoms with Crippen LogP contribution < -0.4 is 10.6 Å². The van der Waals surface area contributed by atoms with Gasteiger partial charge in [0.05, 0.1) is 9.79 Å². The number of nitrogens with zero attached hydrogens (tertiary/aromatic N) is 2. The van der Waals surface area contributed by atoms with Gasteiger partial charge in [-0.2, -0.15) is 0 Å². The first kappa shape index (κ1) is 19.0. The number of sulfone groups is 1. The van der Waals surface area contributed by atoms with Crippen LogP contribution in [0.25, 0.3) is 0 Å². The van der Waals surface area contributed by atoms with Gasteiger partial charge in [0.25, 0.3) is 0 Å². The van der Waals surface area contributed by atoms with Crippen molar-refractivity contribution in [1.82, 2.24) is 4.98 Å². The molecule has 0 spiro atoms. The summed E-state index contributed by atoms with van der Waals surface area (Å²) in [6, 6.07) is 19.0. The van der Waals surface area contributed by atoms with Crippen molar-refractivity contribution >= 4 is 21.3 Å². The Morgan fingerprint density at radius 1 is 0.862 bits per heavy atom. The third kappa shape index (κ3) is 4.25. The molecule has 1 aromatic heterocycles. The molecule has 0 bridgehead atoms. The summed E-state index contributed by atoms with van der Waals surface area (Å²) >= 11 is 0. The van der Waals surface area contributed by atoms with Gasteiger partial charge in [0, 0.05) is 24.3 Å². The fourth-order valence-corrected chi connectivity index (χ4v) is 4.55. The average Bonchev–Trinajstić information content (AvgIpc) is 3.28. The van der Waals surface area contributed by atoms with Gasteiger partial charge in [-0.3, -0.25) is 0 Å². The SMILES string of the molecule is Nc1ccc(S(=O)(=O)c2cc(C#Cc3ccccc3)nc(N3CCCC3)c2)cc1. The second-order valence-electron chi connectivity index (χ2n) is 6.93. The Labute approximate surface area is 171 Å². The Kier molecular flexibility index (Phi) is 5.24. The fraction of sp³-hybridized carbons (Fsp3) is 0.174. The molecule has 0 amide bonds. The first-order valence-corrected chi connectivity index (χ1v) is 11.0. The summed E-state index contributed by atoms with van der Waals surface area (Å²) in [7, 11) is -3.70. The summed E-state index contributed by atoms with van der Waals surface area (Å²) in [6.45, 7) is 1.73. The summed E-state index contributed by atoms with van der Waals surface area (Å²) in [6.07, 6.45) is 2.14. The van der Waals surface area contributed by atoms with Crippen molar-refractivity contribution < 1.29 is 8.42 Å². The summed E-state index contributed by atoms with van der Waals surface area (Å²) in [5.41, 5.74) is 7.51. The molecule has 0 atom stereocenters. The highest BCUT2D eigenvalue weighted by atomic mass is 32.2. The van der Waals surface area contributed by atoms with Crippen molar-refractivity contribution in [2.45, 2.75) is 22.6 Å². The van der Waals surface area contributed by atoms with Crippen LogP contribution in [0.5, 0.6) is 0 Å². The monoisotopic (exact) mass is 403 g/mol. The highest BCUT2D eigenvalue weighted by Crippen LogP contribution is 2.27. The Bertz CT molecular complexity index is 1170. The van der Waals surface area contributed by atoms with E-state index in [-0.39, 0.29) is 9.79 Å². The largest absolute Gasteiger partial charge is 0.399 e. The predicted octanol–water partition coefficient (Wildman–Crippen LogP) is 3.50. The zero-order chi connectivity index (χ0) is 20.3. The first-order valence-electron chi connectivity index (χ1n) is 9.47. The summed E-state index contributed by atoms with van der Waals surface area (Å²) in [4.78, 5) is 7.12. The zero-order valence-corrected chi connectivity index (χ0v) is 16.7. The van der Waals surface area contributed by atoms with E-state index in [4.69, 9.17) is 5.73 Å². The first-order chi connectivity index (χ1) is 14.0. The highest BCUT2D eigenvalue weighted by Gasteiger charge is 2.22. The van der Waals surface area contributed by atoms with Crippen LogP contribution in [0.15, 0.2) is 76.5 Å². The maximum absolute atomic E-state index is 13.2. The van der Waals surface area contributed by atoms with E-state index in [1.165, 1.54) is 12.1 Å². The number of hydrogen-bond acceptors (Lipinski definition) is 5. The van der Waals surface area contributed by atoms with Gasteiger partial charge >= 0.3 is 0 Å². The van der Waals surface area contributed by atoms with Gasteiger partial charge in [-0.05, 0) is 67.3 Å². The smallest absolute Gasteiger partial charge is 0.206 e. The topological polar surface area (TPSA) is 76.3 Å². The van der Waals surface area contributed by atoms with Gasteiger partial charge in [0.2, 0.25) is 9.84 Å². The van der Waals surface area contributed by atoms with E-state index in [0.29, 0.717) is 17.2 Å². The Hall–Kier alpha value is -3.30. The average molecular weight is 404 g/mol. The maximum atomic E-state index is 13.2. The Morgan fingerprint density at radius 2 is 1.55 bits per heavy atom. The van der Waals surface area contributed by atoms with Gasteiger partial charge in [0.15, 0.2) is 0 Å². The molecule has 4 rings (SSSR count). The molecule has 0 unspecified atom stereocenters. The van der Waals surface area contributed by atoms with Crippen LogP contribution in [0, 0.1) is 11.8 Å². The number of aromatic nitrogens is 1. The van der Waals surface area contributed by atoms with Gasteiger partial charge in [-0.15, -0.1) is 0 Å². The molecule has 6 heteroatoms. The molecule has 1 fully saturated rings. The summed E-state index contributed by atoms with van der Waals surface area (Å²) in [5, 5.41) is 0. The van der Waals surface area contributed by atoms with Crippen molar-refractivity contribution in [3.05, 3.63) is 78.0 Å². The Balaban J connectivity index is 1.79. The van der Waals surface area contributed by atoms with Crippen molar-refractivity contribution in [2.24, 2.45) is 0 Å². The van der Waals surface area contributed by atoms with Crippen LogP contribution in [0.2, 0.25) is 0 Å². The van der Waals surface area contributed by atoms with Gasteiger partial charge < -0.3 is 10.6 Å². The number of anilines is 2. The van der Waals surface area contributed by atoms with E-state index in [1.807, 2.05) is 30.3 Å². The Morgan fingerprint density at radius 3 is 2.24 bits per heavy atom. The van der Waals surface area contributed by atoms with Crippen LogP contribution in [-0.2, 0) is 9.84 Å². The van der Waals surface area contributed by atoms with Crippen molar-refractivity contribution in [2.75, 3.05) is 23.7 Å². The summed E-state index contributed by atoms with van der Waals surface area (Å²) < 4.78 is 26.4. The maximum Gasteiger partial charge on any atom is 0.206 e. The predicted molar refractivity (Wildman–Crippen MR) is 114 cm³/mol. The molecule has 2 aromatic carbocycles. The van der Waals surface area contributed by atoms with Crippen LogP contribution in [0.1, 0.15) is 24.1 Å².